The molecule has 2 N–H and O–H groups in total. The van der Waals surface area contributed by atoms with Crippen LogP contribution in [-0.2, 0) is 13.0 Å². The Morgan fingerprint density at radius 1 is 1.38 bits per heavy atom. The lowest BCUT2D eigenvalue weighted by molar-refractivity contribution is 0.390. The van der Waals surface area contributed by atoms with E-state index in [2.05, 4.69) is 23.9 Å². The van der Waals surface area contributed by atoms with Crippen molar-refractivity contribution >= 4 is 0 Å². The number of ether oxygens (including phenoxy) is 1. The third-order valence-electron chi connectivity index (χ3n) is 3.89. The van der Waals surface area contributed by atoms with Gasteiger partial charge in [-0.15, -0.1) is 0 Å². The molecule has 0 saturated carbocycles. The average molecular weight is 288 g/mol. The van der Waals surface area contributed by atoms with E-state index >= 15 is 0 Å². The summed E-state index contributed by atoms with van der Waals surface area (Å²) in [6, 6.07) is 4.12. The summed E-state index contributed by atoms with van der Waals surface area (Å²) in [6.07, 6.45) is 3.58. The van der Waals surface area contributed by atoms with E-state index in [1.165, 1.54) is 11.3 Å². The standard InChI is InChI=1S/C16H24N4O/c1-5-14(17)9-15-11(2)19-20(12(15)3)10-13-7-6-8-18-16(13)21-4/h6-8,14H,5,9-10,17H2,1-4H3. The molecule has 2 aromatic heterocycles. The Kier molecular flexibility index (Phi) is 4.96. The molecule has 0 aromatic carbocycles. The minimum Gasteiger partial charge on any atom is -0.481 e. The summed E-state index contributed by atoms with van der Waals surface area (Å²) in [5.74, 6) is 0.650. The Hall–Kier alpha value is -1.88. The summed E-state index contributed by atoms with van der Waals surface area (Å²) in [6.45, 7) is 6.91. The Labute approximate surface area is 126 Å². The number of hydrogen-bond acceptors (Lipinski definition) is 4. The molecular weight excluding hydrogens is 264 g/mol. The number of hydrogen-bond donors (Lipinski definition) is 1. The van der Waals surface area contributed by atoms with Gasteiger partial charge in [-0.3, -0.25) is 4.68 Å². The zero-order chi connectivity index (χ0) is 15.4. The molecule has 0 aliphatic rings. The maximum Gasteiger partial charge on any atom is 0.218 e. The topological polar surface area (TPSA) is 66.0 Å². The van der Waals surface area contributed by atoms with E-state index in [4.69, 9.17) is 10.5 Å². The minimum atomic E-state index is 0.188. The summed E-state index contributed by atoms with van der Waals surface area (Å²) < 4.78 is 7.31. The Morgan fingerprint density at radius 3 is 2.81 bits per heavy atom. The molecule has 21 heavy (non-hydrogen) atoms. The highest BCUT2D eigenvalue weighted by atomic mass is 16.5. The van der Waals surface area contributed by atoms with Crippen molar-refractivity contribution in [1.82, 2.24) is 14.8 Å². The van der Waals surface area contributed by atoms with E-state index in [-0.39, 0.29) is 6.04 Å². The molecule has 0 spiro atoms. The monoisotopic (exact) mass is 288 g/mol. The fourth-order valence-corrected chi connectivity index (χ4v) is 2.48. The molecule has 1 atom stereocenters. The summed E-state index contributed by atoms with van der Waals surface area (Å²) in [4.78, 5) is 4.23. The SMILES string of the molecule is CCC(N)Cc1c(C)nn(Cc2cccnc2OC)c1C. The van der Waals surface area contributed by atoms with Crippen molar-refractivity contribution in [3.05, 3.63) is 40.8 Å². The summed E-state index contributed by atoms with van der Waals surface area (Å²) >= 11 is 0. The Balaban J connectivity index is 2.27. The molecular formula is C16H24N4O. The first-order valence-electron chi connectivity index (χ1n) is 7.33. The molecule has 0 aliphatic carbocycles. The molecule has 5 nitrogen and oxygen atoms in total. The largest absolute Gasteiger partial charge is 0.481 e. The first kappa shape index (κ1) is 15.5. The lowest BCUT2D eigenvalue weighted by Gasteiger charge is -2.10. The van der Waals surface area contributed by atoms with Crippen LogP contribution >= 0.6 is 0 Å². The van der Waals surface area contributed by atoms with Gasteiger partial charge in [0.2, 0.25) is 5.88 Å². The highest BCUT2D eigenvalue weighted by Crippen LogP contribution is 2.20. The second-order valence-corrected chi connectivity index (χ2v) is 5.35. The van der Waals surface area contributed by atoms with Crippen LogP contribution in [0.5, 0.6) is 5.88 Å². The number of aromatic nitrogens is 3. The number of aryl methyl sites for hydroxylation is 1. The quantitative estimate of drug-likeness (QED) is 0.885. The van der Waals surface area contributed by atoms with Gasteiger partial charge in [0, 0.05) is 23.5 Å². The number of nitrogens with zero attached hydrogens (tertiary/aromatic N) is 3. The van der Waals surface area contributed by atoms with Crippen LogP contribution in [0.4, 0.5) is 0 Å². The van der Waals surface area contributed by atoms with Gasteiger partial charge in [0.25, 0.3) is 0 Å². The molecule has 114 valence electrons. The van der Waals surface area contributed by atoms with Gasteiger partial charge in [-0.1, -0.05) is 13.0 Å². The minimum absolute atomic E-state index is 0.188. The molecule has 1 unspecified atom stereocenters. The van der Waals surface area contributed by atoms with Gasteiger partial charge in [-0.05, 0) is 38.3 Å². The van der Waals surface area contributed by atoms with E-state index < -0.39 is 0 Å². The van der Waals surface area contributed by atoms with E-state index in [1.54, 1.807) is 13.3 Å². The van der Waals surface area contributed by atoms with Gasteiger partial charge in [0.1, 0.15) is 0 Å². The van der Waals surface area contributed by atoms with Crippen molar-refractivity contribution in [2.75, 3.05) is 7.11 Å². The van der Waals surface area contributed by atoms with E-state index in [9.17, 15) is 0 Å². The van der Waals surface area contributed by atoms with Gasteiger partial charge >= 0.3 is 0 Å². The summed E-state index contributed by atoms with van der Waals surface area (Å²) in [5.41, 5.74) is 10.6. The molecule has 0 amide bonds. The van der Waals surface area contributed by atoms with Gasteiger partial charge in [0.05, 0.1) is 19.3 Å². The maximum atomic E-state index is 6.08. The van der Waals surface area contributed by atoms with Crippen molar-refractivity contribution in [2.45, 2.75) is 46.2 Å². The van der Waals surface area contributed by atoms with Crippen LogP contribution in [0.15, 0.2) is 18.3 Å². The molecule has 0 saturated heterocycles. The smallest absolute Gasteiger partial charge is 0.218 e. The molecule has 5 heteroatoms. The van der Waals surface area contributed by atoms with E-state index in [0.717, 1.165) is 24.1 Å². The van der Waals surface area contributed by atoms with Crippen molar-refractivity contribution < 1.29 is 4.74 Å². The van der Waals surface area contributed by atoms with Crippen molar-refractivity contribution in [1.29, 1.82) is 0 Å². The van der Waals surface area contributed by atoms with Crippen molar-refractivity contribution in [3.63, 3.8) is 0 Å². The van der Waals surface area contributed by atoms with Gasteiger partial charge in [0.15, 0.2) is 0 Å². The third kappa shape index (κ3) is 3.42. The van der Waals surface area contributed by atoms with Crippen LogP contribution in [0, 0.1) is 13.8 Å². The highest BCUT2D eigenvalue weighted by molar-refractivity contribution is 5.29. The first-order chi connectivity index (χ1) is 10.1. The lowest BCUT2D eigenvalue weighted by atomic mass is 10.0. The first-order valence-corrected chi connectivity index (χ1v) is 7.33. The molecule has 0 radical (unpaired) electrons. The second-order valence-electron chi connectivity index (χ2n) is 5.35. The van der Waals surface area contributed by atoms with Gasteiger partial charge in [-0.2, -0.15) is 5.10 Å². The van der Waals surface area contributed by atoms with Crippen LogP contribution in [-0.4, -0.2) is 27.9 Å². The van der Waals surface area contributed by atoms with Gasteiger partial charge < -0.3 is 10.5 Å². The van der Waals surface area contributed by atoms with Crippen molar-refractivity contribution in [3.8, 4) is 5.88 Å². The fourth-order valence-electron chi connectivity index (χ4n) is 2.48. The van der Waals surface area contributed by atoms with Crippen LogP contribution in [0.2, 0.25) is 0 Å². The summed E-state index contributed by atoms with van der Waals surface area (Å²) in [7, 11) is 1.64. The molecule has 0 bridgehead atoms. The average Bonchev–Trinajstić information content (AvgIpc) is 2.75. The molecule has 2 rings (SSSR count). The zero-order valence-corrected chi connectivity index (χ0v) is 13.3. The second kappa shape index (κ2) is 6.72. The number of nitrogens with two attached hydrogens (primary N) is 1. The predicted molar refractivity (Wildman–Crippen MR) is 83.6 cm³/mol. The summed E-state index contributed by atoms with van der Waals surface area (Å²) in [5, 5.41) is 4.65. The van der Waals surface area contributed by atoms with Crippen molar-refractivity contribution in [2.24, 2.45) is 5.73 Å². The molecule has 2 heterocycles. The normalized spacial score (nSPS) is 12.4. The highest BCUT2D eigenvalue weighted by Gasteiger charge is 2.15. The van der Waals surface area contributed by atoms with Crippen LogP contribution in [0.3, 0.4) is 0 Å². The van der Waals surface area contributed by atoms with Gasteiger partial charge in [-0.25, -0.2) is 4.98 Å². The third-order valence-corrected chi connectivity index (χ3v) is 3.89. The fraction of sp³-hybridized carbons (Fsp3) is 0.500. The zero-order valence-electron chi connectivity index (χ0n) is 13.3. The molecule has 0 aliphatic heterocycles. The Bertz CT molecular complexity index is 606. The maximum absolute atomic E-state index is 6.08. The molecule has 0 fully saturated rings. The van der Waals surface area contributed by atoms with E-state index in [0.29, 0.717) is 12.4 Å². The number of methoxy groups -OCH3 is 1. The van der Waals surface area contributed by atoms with Crippen LogP contribution in [0.25, 0.3) is 0 Å². The van der Waals surface area contributed by atoms with Crippen LogP contribution in [0.1, 0.15) is 35.9 Å². The Morgan fingerprint density at radius 2 is 2.14 bits per heavy atom. The molecule has 2 aromatic rings. The number of pyridine rings is 1. The van der Waals surface area contributed by atoms with E-state index in [1.807, 2.05) is 23.7 Å². The van der Waals surface area contributed by atoms with Crippen LogP contribution < -0.4 is 10.5 Å². The number of rotatable bonds is 6. The lowest BCUT2D eigenvalue weighted by Crippen LogP contribution is -2.22. The predicted octanol–water partition coefficient (Wildman–Crippen LogP) is 2.23.